The lowest BCUT2D eigenvalue weighted by Crippen LogP contribution is -1.82. The fourth-order valence-corrected chi connectivity index (χ4v) is 0.756. The molecule has 0 saturated heterocycles. The first-order valence-corrected chi connectivity index (χ1v) is 2.84. The highest BCUT2D eigenvalue weighted by molar-refractivity contribution is 6.30. The number of nitriles is 1. The van der Waals surface area contributed by atoms with Crippen molar-refractivity contribution in [3.63, 3.8) is 0 Å². The summed E-state index contributed by atoms with van der Waals surface area (Å²) in [5.74, 6) is 0. The normalized spacial score (nSPS) is 9.00. The molecule has 0 aliphatic carbocycles. The average Bonchev–Trinajstić information content (AvgIpc) is 2.15. The summed E-state index contributed by atoms with van der Waals surface area (Å²) >= 11 is 5.65. The van der Waals surface area contributed by atoms with Crippen molar-refractivity contribution in [3.8, 4) is 6.07 Å². The molecule has 0 unspecified atom stereocenters. The Morgan fingerprint density at radius 3 is 2.67 bits per heavy atom. The lowest BCUT2D eigenvalue weighted by atomic mass is 10.4. The Labute approximate surface area is 58.3 Å². The van der Waals surface area contributed by atoms with Gasteiger partial charge in [-0.2, -0.15) is 5.26 Å². The summed E-state index contributed by atoms with van der Waals surface area (Å²) in [6.07, 6.45) is 1.75. The predicted octanol–water partition coefficient (Wildman–Crippen LogP) is 1.55. The zero-order valence-corrected chi connectivity index (χ0v) is 5.68. The molecule has 0 N–H and O–H groups in total. The Kier molecular flexibility index (Phi) is 1.46. The van der Waals surface area contributed by atoms with Gasteiger partial charge in [-0.15, -0.1) is 0 Å². The van der Waals surface area contributed by atoms with Gasteiger partial charge in [0.15, 0.2) is 0 Å². The van der Waals surface area contributed by atoms with Gasteiger partial charge in [0.25, 0.3) is 0 Å². The molecule has 1 aromatic heterocycles. The summed E-state index contributed by atoms with van der Waals surface area (Å²) in [6.45, 7) is 0. The maximum Gasteiger partial charge on any atom is 0.126 e. The maximum absolute atomic E-state index is 8.38. The van der Waals surface area contributed by atoms with Crippen molar-refractivity contribution < 1.29 is 0 Å². The van der Waals surface area contributed by atoms with Crippen molar-refractivity contribution in [3.05, 3.63) is 23.0 Å². The molecule has 0 fully saturated rings. The molecular weight excluding hydrogens is 136 g/mol. The van der Waals surface area contributed by atoms with Gasteiger partial charge in [-0.05, 0) is 6.07 Å². The van der Waals surface area contributed by atoms with Gasteiger partial charge in [-0.3, -0.25) is 0 Å². The Morgan fingerprint density at radius 2 is 2.44 bits per heavy atom. The average molecular weight is 141 g/mol. The Bertz CT molecular complexity index is 257. The standard InChI is InChI=1S/C6H5ClN2/c1-9-3-2-5(4-8)6(9)7/h2-3H,1H3. The first kappa shape index (κ1) is 6.18. The van der Waals surface area contributed by atoms with Crippen LogP contribution in [-0.2, 0) is 7.05 Å². The van der Waals surface area contributed by atoms with Crippen LogP contribution in [0.3, 0.4) is 0 Å². The number of aromatic nitrogens is 1. The fourth-order valence-electron chi connectivity index (χ4n) is 0.594. The molecule has 0 aliphatic heterocycles. The van der Waals surface area contributed by atoms with Gasteiger partial charge in [0.1, 0.15) is 11.2 Å². The van der Waals surface area contributed by atoms with Crippen molar-refractivity contribution in [2.24, 2.45) is 7.05 Å². The third kappa shape index (κ3) is 0.914. The summed E-state index contributed by atoms with van der Waals surface area (Å²) in [5.41, 5.74) is 0.527. The minimum atomic E-state index is 0.498. The molecular formula is C6H5ClN2. The molecule has 0 radical (unpaired) electrons. The van der Waals surface area contributed by atoms with Crippen LogP contribution in [0.5, 0.6) is 0 Å². The van der Waals surface area contributed by atoms with Crippen LogP contribution in [0.25, 0.3) is 0 Å². The third-order valence-electron chi connectivity index (χ3n) is 1.12. The topological polar surface area (TPSA) is 28.7 Å². The van der Waals surface area contributed by atoms with Crippen LogP contribution in [0.15, 0.2) is 12.3 Å². The molecule has 1 rings (SSSR count). The van der Waals surface area contributed by atoms with Gasteiger partial charge >= 0.3 is 0 Å². The van der Waals surface area contributed by atoms with Gasteiger partial charge in [0, 0.05) is 13.2 Å². The third-order valence-corrected chi connectivity index (χ3v) is 1.59. The molecule has 9 heavy (non-hydrogen) atoms. The molecule has 0 spiro atoms. The van der Waals surface area contributed by atoms with Crippen molar-refractivity contribution in [2.75, 3.05) is 0 Å². The van der Waals surface area contributed by atoms with Crippen molar-refractivity contribution in [1.82, 2.24) is 4.57 Å². The lowest BCUT2D eigenvalue weighted by molar-refractivity contribution is 0.927. The quantitative estimate of drug-likeness (QED) is 0.538. The van der Waals surface area contributed by atoms with E-state index < -0.39 is 0 Å². The molecule has 0 aliphatic rings. The molecule has 0 amide bonds. The number of hydrogen-bond donors (Lipinski definition) is 0. The highest BCUT2D eigenvalue weighted by atomic mass is 35.5. The Morgan fingerprint density at radius 1 is 1.78 bits per heavy atom. The number of nitrogens with zero attached hydrogens (tertiary/aromatic N) is 2. The number of rotatable bonds is 0. The van der Waals surface area contributed by atoms with Gasteiger partial charge < -0.3 is 4.57 Å². The fraction of sp³-hybridized carbons (Fsp3) is 0.167. The minimum absolute atomic E-state index is 0.498. The van der Waals surface area contributed by atoms with Crippen LogP contribution < -0.4 is 0 Å². The monoisotopic (exact) mass is 140 g/mol. The van der Waals surface area contributed by atoms with Gasteiger partial charge in [0.2, 0.25) is 0 Å². The predicted molar refractivity (Wildman–Crippen MR) is 35.1 cm³/mol. The van der Waals surface area contributed by atoms with Crippen LogP contribution in [0, 0.1) is 11.3 Å². The molecule has 0 atom stereocenters. The van der Waals surface area contributed by atoms with Gasteiger partial charge in [-0.25, -0.2) is 0 Å². The second-order valence-corrected chi connectivity index (χ2v) is 2.10. The SMILES string of the molecule is Cn1ccc(C#N)c1Cl. The summed E-state index contributed by atoms with van der Waals surface area (Å²) < 4.78 is 1.69. The van der Waals surface area contributed by atoms with E-state index in [2.05, 4.69) is 0 Å². The van der Waals surface area contributed by atoms with E-state index in [9.17, 15) is 0 Å². The lowest BCUT2D eigenvalue weighted by Gasteiger charge is -1.89. The molecule has 1 heterocycles. The largest absolute Gasteiger partial charge is 0.341 e. The zero-order valence-electron chi connectivity index (χ0n) is 4.93. The van der Waals surface area contributed by atoms with E-state index in [4.69, 9.17) is 16.9 Å². The van der Waals surface area contributed by atoms with Crippen LogP contribution in [0.4, 0.5) is 0 Å². The summed E-state index contributed by atoms with van der Waals surface area (Å²) in [4.78, 5) is 0. The second-order valence-electron chi connectivity index (χ2n) is 1.74. The summed E-state index contributed by atoms with van der Waals surface area (Å²) in [7, 11) is 1.79. The molecule has 0 saturated carbocycles. The van der Waals surface area contributed by atoms with Crippen LogP contribution in [-0.4, -0.2) is 4.57 Å². The number of aryl methyl sites for hydroxylation is 1. The highest BCUT2D eigenvalue weighted by Crippen LogP contribution is 2.13. The summed E-state index contributed by atoms with van der Waals surface area (Å²) in [5, 5.41) is 8.88. The van der Waals surface area contributed by atoms with E-state index in [1.165, 1.54) is 0 Å². The van der Waals surface area contributed by atoms with E-state index >= 15 is 0 Å². The van der Waals surface area contributed by atoms with Crippen LogP contribution in [0.2, 0.25) is 5.15 Å². The van der Waals surface area contributed by atoms with E-state index in [1.807, 2.05) is 6.07 Å². The van der Waals surface area contributed by atoms with E-state index in [0.29, 0.717) is 10.7 Å². The second kappa shape index (κ2) is 2.12. The molecule has 1 aromatic rings. The van der Waals surface area contributed by atoms with Crippen LogP contribution >= 0.6 is 11.6 Å². The summed E-state index contributed by atoms with van der Waals surface area (Å²) in [6, 6.07) is 3.65. The van der Waals surface area contributed by atoms with E-state index in [1.54, 1.807) is 23.9 Å². The Balaban J connectivity index is 3.24. The first-order valence-electron chi connectivity index (χ1n) is 2.46. The minimum Gasteiger partial charge on any atom is -0.341 e. The number of hydrogen-bond acceptors (Lipinski definition) is 1. The number of halogens is 1. The van der Waals surface area contributed by atoms with Crippen molar-refractivity contribution >= 4 is 11.6 Å². The zero-order chi connectivity index (χ0) is 6.85. The first-order chi connectivity index (χ1) is 4.25. The van der Waals surface area contributed by atoms with Gasteiger partial charge in [-0.1, -0.05) is 11.6 Å². The molecule has 0 bridgehead atoms. The van der Waals surface area contributed by atoms with E-state index in [0.717, 1.165) is 0 Å². The van der Waals surface area contributed by atoms with Gasteiger partial charge in [0.05, 0.1) is 5.56 Å². The van der Waals surface area contributed by atoms with Crippen molar-refractivity contribution in [1.29, 1.82) is 5.26 Å². The Hall–Kier alpha value is -0.940. The highest BCUT2D eigenvalue weighted by Gasteiger charge is 2.00. The molecule has 46 valence electrons. The maximum atomic E-state index is 8.38. The molecule has 2 nitrogen and oxygen atoms in total. The molecule has 3 heteroatoms. The smallest absolute Gasteiger partial charge is 0.126 e. The van der Waals surface area contributed by atoms with Crippen molar-refractivity contribution in [2.45, 2.75) is 0 Å². The molecule has 0 aromatic carbocycles. The van der Waals surface area contributed by atoms with E-state index in [-0.39, 0.29) is 0 Å². The van der Waals surface area contributed by atoms with Crippen LogP contribution in [0.1, 0.15) is 5.56 Å².